The summed E-state index contributed by atoms with van der Waals surface area (Å²) in [5, 5.41) is 0. The smallest absolute Gasteiger partial charge is 0.253 e. The third-order valence-corrected chi connectivity index (χ3v) is 3.59. The van der Waals surface area contributed by atoms with E-state index in [1.54, 1.807) is 0 Å². The van der Waals surface area contributed by atoms with Crippen molar-refractivity contribution in [2.45, 2.75) is 18.8 Å². The van der Waals surface area contributed by atoms with Crippen LogP contribution in [-0.4, -0.2) is 29.8 Å². The summed E-state index contributed by atoms with van der Waals surface area (Å²) in [6, 6.07) is 4.02. The molecule has 0 saturated carbocycles. The van der Waals surface area contributed by atoms with Gasteiger partial charge in [0.05, 0.1) is 4.47 Å². The fourth-order valence-electron chi connectivity index (χ4n) is 1.85. The van der Waals surface area contributed by atoms with Gasteiger partial charge in [0.15, 0.2) is 0 Å². The molecule has 2 nitrogen and oxygen atoms in total. The van der Waals surface area contributed by atoms with Gasteiger partial charge in [-0.05, 0) is 34.1 Å². The van der Waals surface area contributed by atoms with E-state index in [2.05, 4.69) is 15.9 Å². The van der Waals surface area contributed by atoms with Crippen molar-refractivity contribution in [3.63, 3.8) is 0 Å². The number of likely N-dealkylation sites (tertiary alicyclic amines) is 1. The SMILES string of the molecule is O=C(c1ccc(Br)c(F)c1)N1CCC(F)(F)CC1. The van der Waals surface area contributed by atoms with Crippen LogP contribution in [0.1, 0.15) is 23.2 Å². The van der Waals surface area contributed by atoms with Gasteiger partial charge >= 0.3 is 0 Å². The second-order valence-corrected chi connectivity index (χ2v) is 5.13. The zero-order valence-corrected chi connectivity index (χ0v) is 11.0. The van der Waals surface area contributed by atoms with Gasteiger partial charge in [0, 0.05) is 31.5 Å². The van der Waals surface area contributed by atoms with Crippen molar-refractivity contribution in [1.29, 1.82) is 0 Å². The summed E-state index contributed by atoms with van der Waals surface area (Å²) in [6.45, 7) is 0.00698. The molecule has 1 heterocycles. The molecule has 2 rings (SSSR count). The summed E-state index contributed by atoms with van der Waals surface area (Å²) >= 11 is 2.99. The molecule has 0 aliphatic carbocycles. The first-order chi connectivity index (χ1) is 8.39. The van der Waals surface area contributed by atoms with Crippen molar-refractivity contribution in [3.05, 3.63) is 34.1 Å². The number of halogens is 4. The molecule has 1 aliphatic heterocycles. The molecule has 0 atom stereocenters. The normalized spacial score (nSPS) is 18.8. The molecular formula is C12H11BrF3NO. The maximum Gasteiger partial charge on any atom is 0.253 e. The van der Waals surface area contributed by atoms with Crippen molar-refractivity contribution in [1.82, 2.24) is 4.90 Å². The largest absolute Gasteiger partial charge is 0.338 e. The summed E-state index contributed by atoms with van der Waals surface area (Å²) in [7, 11) is 0. The number of hydrogen-bond donors (Lipinski definition) is 0. The topological polar surface area (TPSA) is 20.3 Å². The number of amides is 1. The summed E-state index contributed by atoms with van der Waals surface area (Å²) in [5.41, 5.74) is 0.181. The molecule has 1 aliphatic rings. The Labute approximate surface area is 111 Å². The summed E-state index contributed by atoms with van der Waals surface area (Å²) in [4.78, 5) is 13.3. The second-order valence-electron chi connectivity index (χ2n) is 4.28. The standard InChI is InChI=1S/C12H11BrF3NO/c13-9-2-1-8(7-10(9)14)11(18)17-5-3-12(15,16)4-6-17/h1-2,7H,3-6H2. The molecule has 1 saturated heterocycles. The first-order valence-corrected chi connectivity index (χ1v) is 6.30. The van der Waals surface area contributed by atoms with E-state index >= 15 is 0 Å². The zero-order valence-electron chi connectivity index (χ0n) is 9.43. The molecule has 0 bridgehead atoms. The molecule has 0 spiro atoms. The van der Waals surface area contributed by atoms with Gasteiger partial charge in [-0.3, -0.25) is 4.79 Å². The van der Waals surface area contributed by atoms with Crippen LogP contribution in [0, 0.1) is 5.82 Å². The Balaban J connectivity index is 2.10. The number of carbonyl (C=O) groups is 1. The number of rotatable bonds is 1. The molecule has 98 valence electrons. The molecule has 0 N–H and O–H groups in total. The molecule has 1 amide bonds. The molecule has 1 aromatic carbocycles. The van der Waals surface area contributed by atoms with Crippen LogP contribution in [0.2, 0.25) is 0 Å². The lowest BCUT2D eigenvalue weighted by Gasteiger charge is -2.31. The molecule has 18 heavy (non-hydrogen) atoms. The molecule has 1 fully saturated rings. The van der Waals surface area contributed by atoms with Crippen molar-refractivity contribution in [2.75, 3.05) is 13.1 Å². The predicted octanol–water partition coefficient (Wildman–Crippen LogP) is 3.46. The lowest BCUT2D eigenvalue weighted by atomic mass is 10.1. The first-order valence-electron chi connectivity index (χ1n) is 5.51. The lowest BCUT2D eigenvalue weighted by Crippen LogP contribution is -2.42. The molecule has 0 aromatic heterocycles. The van der Waals surface area contributed by atoms with Crippen LogP contribution in [0.3, 0.4) is 0 Å². The van der Waals surface area contributed by atoms with Crippen LogP contribution < -0.4 is 0 Å². The van der Waals surface area contributed by atoms with E-state index in [4.69, 9.17) is 0 Å². The van der Waals surface area contributed by atoms with Crippen molar-refractivity contribution >= 4 is 21.8 Å². The zero-order chi connectivity index (χ0) is 13.3. The maximum absolute atomic E-state index is 13.3. The fourth-order valence-corrected chi connectivity index (χ4v) is 2.10. The molecular weight excluding hydrogens is 311 g/mol. The molecule has 0 unspecified atom stereocenters. The van der Waals surface area contributed by atoms with Crippen LogP contribution in [0.5, 0.6) is 0 Å². The Morgan fingerprint density at radius 1 is 1.28 bits per heavy atom. The third-order valence-electron chi connectivity index (χ3n) is 2.95. The van der Waals surface area contributed by atoms with E-state index in [1.165, 1.54) is 17.0 Å². The quantitative estimate of drug-likeness (QED) is 0.775. The van der Waals surface area contributed by atoms with E-state index in [-0.39, 0.29) is 36.0 Å². The number of benzene rings is 1. The minimum atomic E-state index is -2.69. The van der Waals surface area contributed by atoms with Gasteiger partial charge in [-0.25, -0.2) is 13.2 Å². The van der Waals surface area contributed by atoms with Gasteiger partial charge in [-0.1, -0.05) is 0 Å². The number of nitrogens with zero attached hydrogens (tertiary/aromatic N) is 1. The Kier molecular flexibility index (Phi) is 3.66. The number of piperidine rings is 1. The van der Waals surface area contributed by atoms with E-state index in [0.29, 0.717) is 0 Å². The Hall–Kier alpha value is -1.04. The lowest BCUT2D eigenvalue weighted by molar-refractivity contribution is -0.0494. The fraction of sp³-hybridized carbons (Fsp3) is 0.417. The monoisotopic (exact) mass is 321 g/mol. The Morgan fingerprint density at radius 2 is 1.89 bits per heavy atom. The van der Waals surface area contributed by atoms with Gasteiger partial charge in [0.2, 0.25) is 0 Å². The van der Waals surface area contributed by atoms with Crippen LogP contribution >= 0.6 is 15.9 Å². The highest BCUT2D eigenvalue weighted by Crippen LogP contribution is 2.28. The minimum Gasteiger partial charge on any atom is -0.338 e. The van der Waals surface area contributed by atoms with Crippen LogP contribution in [0.4, 0.5) is 13.2 Å². The summed E-state index contributed by atoms with van der Waals surface area (Å²) < 4.78 is 39.5. The molecule has 1 aromatic rings. The minimum absolute atomic E-state index is 0.00349. The highest BCUT2D eigenvalue weighted by Gasteiger charge is 2.35. The average Bonchev–Trinajstić information content (AvgIpc) is 2.32. The number of alkyl halides is 2. The van der Waals surface area contributed by atoms with Gasteiger partial charge in [-0.15, -0.1) is 0 Å². The van der Waals surface area contributed by atoms with Crippen molar-refractivity contribution < 1.29 is 18.0 Å². The average molecular weight is 322 g/mol. The molecule has 0 radical (unpaired) electrons. The summed E-state index contributed by atoms with van der Waals surface area (Å²) in [6.07, 6.45) is -0.671. The first kappa shape index (κ1) is 13.4. The van der Waals surface area contributed by atoms with E-state index in [0.717, 1.165) is 6.07 Å². The predicted molar refractivity (Wildman–Crippen MR) is 64.2 cm³/mol. The van der Waals surface area contributed by atoms with Crippen molar-refractivity contribution in [3.8, 4) is 0 Å². The number of carbonyl (C=O) groups excluding carboxylic acids is 1. The number of hydrogen-bond acceptors (Lipinski definition) is 1. The van der Waals surface area contributed by atoms with Crippen LogP contribution in [0.15, 0.2) is 22.7 Å². The Morgan fingerprint density at radius 3 is 2.44 bits per heavy atom. The van der Waals surface area contributed by atoms with E-state index < -0.39 is 17.6 Å². The van der Waals surface area contributed by atoms with Crippen LogP contribution in [0.25, 0.3) is 0 Å². The van der Waals surface area contributed by atoms with Crippen LogP contribution in [-0.2, 0) is 0 Å². The van der Waals surface area contributed by atoms with Crippen molar-refractivity contribution in [2.24, 2.45) is 0 Å². The van der Waals surface area contributed by atoms with Gasteiger partial charge in [0.25, 0.3) is 11.8 Å². The highest BCUT2D eigenvalue weighted by molar-refractivity contribution is 9.10. The van der Waals surface area contributed by atoms with E-state index in [9.17, 15) is 18.0 Å². The highest BCUT2D eigenvalue weighted by atomic mass is 79.9. The summed E-state index contributed by atoms with van der Waals surface area (Å²) in [5.74, 6) is -3.64. The third kappa shape index (κ3) is 2.85. The van der Waals surface area contributed by atoms with E-state index in [1.807, 2.05) is 0 Å². The second kappa shape index (κ2) is 4.91. The Bertz CT molecular complexity index is 468. The maximum atomic E-state index is 13.3. The molecule has 6 heteroatoms. The van der Waals surface area contributed by atoms with Gasteiger partial charge in [0.1, 0.15) is 5.82 Å². The van der Waals surface area contributed by atoms with Gasteiger partial charge in [-0.2, -0.15) is 0 Å². The van der Waals surface area contributed by atoms with Gasteiger partial charge < -0.3 is 4.90 Å².